The number of nitrogens with zero attached hydrogens (tertiary/aromatic N) is 3. The van der Waals surface area contributed by atoms with Gasteiger partial charge in [0.05, 0.1) is 0 Å². The van der Waals surface area contributed by atoms with Crippen molar-refractivity contribution in [2.45, 2.75) is 13.5 Å². The minimum atomic E-state index is 0.889. The van der Waals surface area contributed by atoms with Crippen molar-refractivity contribution in [1.82, 2.24) is 9.88 Å². The number of aryl methyl sites for hydroxylation is 1. The third-order valence-corrected chi connectivity index (χ3v) is 4.10. The van der Waals surface area contributed by atoms with Crippen LogP contribution in [0.1, 0.15) is 11.1 Å². The lowest BCUT2D eigenvalue weighted by atomic mass is 10.1. The summed E-state index contributed by atoms with van der Waals surface area (Å²) < 4.78 is 0. The second-order valence-electron chi connectivity index (χ2n) is 5.64. The van der Waals surface area contributed by atoms with Crippen LogP contribution in [0, 0.1) is 6.92 Å². The van der Waals surface area contributed by atoms with E-state index in [0.717, 1.165) is 49.8 Å². The van der Waals surface area contributed by atoms with Crippen molar-refractivity contribution in [3.8, 4) is 0 Å². The van der Waals surface area contributed by atoms with E-state index in [2.05, 4.69) is 39.0 Å². The van der Waals surface area contributed by atoms with E-state index in [4.69, 9.17) is 5.73 Å². The Labute approximate surface area is 126 Å². The largest absolute Gasteiger partial charge is 0.399 e. The number of nitrogen functional groups attached to an aromatic ring is 1. The highest BCUT2D eigenvalue weighted by atomic mass is 15.3. The first-order valence-corrected chi connectivity index (χ1v) is 7.46. The second kappa shape index (κ2) is 6.14. The van der Waals surface area contributed by atoms with Crippen molar-refractivity contribution in [1.29, 1.82) is 0 Å². The Bertz CT molecular complexity index is 589. The number of hydrogen-bond acceptors (Lipinski definition) is 4. The molecule has 1 aliphatic rings. The molecule has 2 heterocycles. The number of aromatic nitrogens is 1. The Hall–Kier alpha value is -2.07. The van der Waals surface area contributed by atoms with Crippen LogP contribution in [0.4, 0.5) is 11.5 Å². The van der Waals surface area contributed by atoms with Gasteiger partial charge in [0, 0.05) is 44.6 Å². The predicted octanol–water partition coefficient (Wildman–Crippen LogP) is 2.29. The van der Waals surface area contributed by atoms with E-state index in [-0.39, 0.29) is 0 Å². The zero-order chi connectivity index (χ0) is 14.7. The maximum Gasteiger partial charge on any atom is 0.128 e. The molecule has 0 amide bonds. The van der Waals surface area contributed by atoms with Gasteiger partial charge in [-0.3, -0.25) is 4.90 Å². The lowest BCUT2D eigenvalue weighted by molar-refractivity contribution is 0.249. The summed E-state index contributed by atoms with van der Waals surface area (Å²) in [6.07, 6.45) is 1.86. The number of hydrogen-bond donors (Lipinski definition) is 1. The third-order valence-electron chi connectivity index (χ3n) is 4.10. The Morgan fingerprint density at radius 1 is 1.10 bits per heavy atom. The molecule has 2 aromatic rings. The average Bonchev–Trinajstić information content (AvgIpc) is 2.53. The standard InChI is InChI=1S/C17H22N4/c1-14-5-6-15(12-16(14)18)13-20-8-10-21(11-9-20)17-4-2-3-7-19-17/h2-7,12H,8-11,13,18H2,1H3. The molecule has 0 unspecified atom stereocenters. The number of anilines is 2. The van der Waals surface area contributed by atoms with Crippen LogP contribution in [0.2, 0.25) is 0 Å². The summed E-state index contributed by atoms with van der Waals surface area (Å²) in [4.78, 5) is 9.25. The number of benzene rings is 1. The summed E-state index contributed by atoms with van der Waals surface area (Å²) in [5, 5.41) is 0. The molecule has 2 N–H and O–H groups in total. The second-order valence-corrected chi connectivity index (χ2v) is 5.64. The van der Waals surface area contributed by atoms with Gasteiger partial charge in [0.2, 0.25) is 0 Å². The molecule has 1 aliphatic heterocycles. The number of piperazine rings is 1. The van der Waals surface area contributed by atoms with Crippen molar-refractivity contribution in [2.75, 3.05) is 36.8 Å². The van der Waals surface area contributed by atoms with Crippen LogP contribution in [-0.2, 0) is 6.54 Å². The summed E-state index contributed by atoms with van der Waals surface area (Å²) in [6.45, 7) is 7.19. The maximum atomic E-state index is 5.99. The Kier molecular flexibility index (Phi) is 4.06. The number of nitrogens with two attached hydrogens (primary N) is 1. The zero-order valence-corrected chi connectivity index (χ0v) is 12.5. The van der Waals surface area contributed by atoms with Crippen LogP contribution in [0.15, 0.2) is 42.6 Å². The van der Waals surface area contributed by atoms with Gasteiger partial charge in [-0.25, -0.2) is 4.98 Å². The third kappa shape index (κ3) is 3.34. The van der Waals surface area contributed by atoms with Gasteiger partial charge in [0.1, 0.15) is 5.82 Å². The molecule has 1 fully saturated rings. The molecule has 110 valence electrons. The van der Waals surface area contributed by atoms with Crippen molar-refractivity contribution in [3.63, 3.8) is 0 Å². The van der Waals surface area contributed by atoms with Gasteiger partial charge in [-0.05, 0) is 36.2 Å². The summed E-state index contributed by atoms with van der Waals surface area (Å²) in [6, 6.07) is 12.5. The van der Waals surface area contributed by atoms with Gasteiger partial charge in [0.25, 0.3) is 0 Å². The highest BCUT2D eigenvalue weighted by Gasteiger charge is 2.17. The molecule has 0 aliphatic carbocycles. The summed E-state index contributed by atoms with van der Waals surface area (Å²) in [5.41, 5.74) is 9.32. The van der Waals surface area contributed by atoms with Gasteiger partial charge in [-0.1, -0.05) is 18.2 Å². The van der Waals surface area contributed by atoms with E-state index in [9.17, 15) is 0 Å². The Balaban J connectivity index is 1.57. The predicted molar refractivity (Wildman–Crippen MR) is 87.3 cm³/mol. The molecule has 0 saturated carbocycles. The average molecular weight is 282 g/mol. The van der Waals surface area contributed by atoms with Crippen LogP contribution in [0.25, 0.3) is 0 Å². The van der Waals surface area contributed by atoms with E-state index in [1.807, 2.05) is 25.3 Å². The summed E-state index contributed by atoms with van der Waals surface area (Å²) in [5.74, 6) is 1.08. The first kappa shape index (κ1) is 13.9. The summed E-state index contributed by atoms with van der Waals surface area (Å²) in [7, 11) is 0. The maximum absolute atomic E-state index is 5.99. The van der Waals surface area contributed by atoms with E-state index in [1.165, 1.54) is 5.56 Å². The molecule has 1 saturated heterocycles. The van der Waals surface area contributed by atoms with Crippen molar-refractivity contribution < 1.29 is 0 Å². The van der Waals surface area contributed by atoms with Crippen molar-refractivity contribution in [2.24, 2.45) is 0 Å². The molecule has 0 bridgehead atoms. The van der Waals surface area contributed by atoms with Crippen LogP contribution in [-0.4, -0.2) is 36.1 Å². The molecule has 1 aromatic heterocycles. The van der Waals surface area contributed by atoms with Crippen LogP contribution >= 0.6 is 0 Å². The Morgan fingerprint density at radius 2 is 1.90 bits per heavy atom. The fourth-order valence-corrected chi connectivity index (χ4v) is 2.72. The Morgan fingerprint density at radius 3 is 2.57 bits per heavy atom. The normalized spacial score (nSPS) is 16.1. The smallest absolute Gasteiger partial charge is 0.128 e. The zero-order valence-electron chi connectivity index (χ0n) is 12.5. The molecule has 1 aromatic carbocycles. The van der Waals surface area contributed by atoms with Crippen LogP contribution in [0.5, 0.6) is 0 Å². The lowest BCUT2D eigenvalue weighted by Gasteiger charge is -2.35. The van der Waals surface area contributed by atoms with E-state index >= 15 is 0 Å². The van der Waals surface area contributed by atoms with E-state index < -0.39 is 0 Å². The SMILES string of the molecule is Cc1ccc(CN2CCN(c3ccccn3)CC2)cc1N. The molecule has 4 nitrogen and oxygen atoms in total. The molecule has 0 radical (unpaired) electrons. The minimum Gasteiger partial charge on any atom is -0.399 e. The van der Waals surface area contributed by atoms with Gasteiger partial charge < -0.3 is 10.6 Å². The minimum absolute atomic E-state index is 0.889. The van der Waals surface area contributed by atoms with Crippen molar-refractivity contribution >= 4 is 11.5 Å². The molecular formula is C17H22N4. The van der Waals surface area contributed by atoms with Crippen molar-refractivity contribution in [3.05, 3.63) is 53.7 Å². The van der Waals surface area contributed by atoms with Gasteiger partial charge in [0.15, 0.2) is 0 Å². The first-order valence-electron chi connectivity index (χ1n) is 7.46. The number of pyridine rings is 1. The monoisotopic (exact) mass is 282 g/mol. The highest BCUT2D eigenvalue weighted by Crippen LogP contribution is 2.17. The van der Waals surface area contributed by atoms with Gasteiger partial charge in [-0.2, -0.15) is 0 Å². The summed E-state index contributed by atoms with van der Waals surface area (Å²) >= 11 is 0. The number of rotatable bonds is 3. The first-order chi connectivity index (χ1) is 10.2. The molecule has 4 heteroatoms. The lowest BCUT2D eigenvalue weighted by Crippen LogP contribution is -2.46. The molecule has 0 atom stereocenters. The topological polar surface area (TPSA) is 45.4 Å². The van der Waals surface area contributed by atoms with Crippen LogP contribution in [0.3, 0.4) is 0 Å². The van der Waals surface area contributed by atoms with Crippen LogP contribution < -0.4 is 10.6 Å². The highest BCUT2D eigenvalue weighted by molar-refractivity contribution is 5.48. The molecule has 0 spiro atoms. The van der Waals surface area contributed by atoms with E-state index in [0.29, 0.717) is 0 Å². The fraction of sp³-hybridized carbons (Fsp3) is 0.353. The fourth-order valence-electron chi connectivity index (χ4n) is 2.72. The van der Waals surface area contributed by atoms with E-state index in [1.54, 1.807) is 0 Å². The molecule has 21 heavy (non-hydrogen) atoms. The molecular weight excluding hydrogens is 260 g/mol. The quantitative estimate of drug-likeness (QED) is 0.877. The van der Waals surface area contributed by atoms with Gasteiger partial charge in [-0.15, -0.1) is 0 Å². The van der Waals surface area contributed by atoms with Gasteiger partial charge >= 0.3 is 0 Å². The molecule has 3 rings (SSSR count).